The summed E-state index contributed by atoms with van der Waals surface area (Å²) in [6.45, 7) is 0.594. The van der Waals surface area contributed by atoms with Crippen LogP contribution >= 0.6 is 12.4 Å². The number of halogens is 1. The minimum absolute atomic E-state index is 0. The zero-order valence-electron chi connectivity index (χ0n) is 5.69. The van der Waals surface area contributed by atoms with Crippen LogP contribution in [0.1, 0.15) is 0 Å². The zero-order chi connectivity index (χ0) is 7.11. The molecule has 5 nitrogen and oxygen atoms in total. The molecule has 10 heavy (non-hydrogen) atoms. The molecule has 0 bridgehead atoms. The van der Waals surface area contributed by atoms with E-state index in [0.717, 1.165) is 0 Å². The number of likely N-dealkylation sites (N-methyl/N-ethyl adjacent to an activating group) is 1. The maximum atomic E-state index is 8.85. The minimum atomic E-state index is -0.564. The molecule has 0 aliphatic carbocycles. The van der Waals surface area contributed by atoms with E-state index in [1.807, 2.05) is 0 Å². The van der Waals surface area contributed by atoms with Gasteiger partial charge in [0.25, 0.3) is 0 Å². The van der Waals surface area contributed by atoms with Gasteiger partial charge in [-0.1, -0.05) is 5.11 Å². The lowest BCUT2D eigenvalue weighted by atomic mass is 10.4. The highest BCUT2D eigenvalue weighted by molar-refractivity contribution is 5.85. The van der Waals surface area contributed by atoms with Crippen molar-refractivity contribution in [3.05, 3.63) is 10.4 Å². The highest BCUT2D eigenvalue weighted by atomic mass is 35.5. The van der Waals surface area contributed by atoms with Crippen molar-refractivity contribution in [2.24, 2.45) is 5.11 Å². The van der Waals surface area contributed by atoms with Crippen LogP contribution < -0.4 is 5.32 Å². The van der Waals surface area contributed by atoms with Gasteiger partial charge in [0.2, 0.25) is 0 Å². The number of hydrogen-bond acceptors (Lipinski definition) is 3. The number of aliphatic hydroxyl groups is 1. The van der Waals surface area contributed by atoms with E-state index >= 15 is 0 Å². The van der Waals surface area contributed by atoms with Gasteiger partial charge in [-0.3, -0.25) is 0 Å². The smallest absolute Gasteiger partial charge is 0.0720 e. The van der Waals surface area contributed by atoms with Crippen LogP contribution in [0, 0.1) is 0 Å². The van der Waals surface area contributed by atoms with E-state index in [-0.39, 0.29) is 19.0 Å². The van der Waals surface area contributed by atoms with Crippen LogP contribution in [0.2, 0.25) is 0 Å². The highest BCUT2D eigenvalue weighted by Crippen LogP contribution is 1.80. The Morgan fingerprint density at radius 1 is 1.80 bits per heavy atom. The molecule has 1 atom stereocenters. The fraction of sp³-hybridized carbons (Fsp3) is 1.00. The number of nitrogens with one attached hydrogen (secondary N) is 1. The van der Waals surface area contributed by atoms with Crippen LogP contribution in [0.15, 0.2) is 5.11 Å². The van der Waals surface area contributed by atoms with E-state index in [9.17, 15) is 0 Å². The van der Waals surface area contributed by atoms with Crippen molar-refractivity contribution < 1.29 is 5.11 Å². The number of rotatable bonds is 4. The fourth-order valence-corrected chi connectivity index (χ4v) is 0.431. The maximum Gasteiger partial charge on any atom is 0.0720 e. The second-order valence-electron chi connectivity index (χ2n) is 1.62. The van der Waals surface area contributed by atoms with Crippen molar-refractivity contribution in [3.8, 4) is 0 Å². The quantitative estimate of drug-likeness (QED) is 0.358. The summed E-state index contributed by atoms with van der Waals surface area (Å²) >= 11 is 0. The van der Waals surface area contributed by atoms with E-state index in [1.54, 1.807) is 7.05 Å². The normalized spacial score (nSPS) is 11.0. The van der Waals surface area contributed by atoms with Gasteiger partial charge in [-0.25, -0.2) is 0 Å². The summed E-state index contributed by atoms with van der Waals surface area (Å²) in [5, 5.41) is 14.8. The molecule has 0 rings (SSSR count). The summed E-state index contributed by atoms with van der Waals surface area (Å²) in [4.78, 5) is 2.50. The second-order valence-corrected chi connectivity index (χ2v) is 1.62. The molecule has 0 radical (unpaired) electrons. The predicted molar refractivity (Wildman–Crippen MR) is 41.2 cm³/mol. The molecule has 0 spiro atoms. The van der Waals surface area contributed by atoms with Gasteiger partial charge >= 0.3 is 0 Å². The van der Waals surface area contributed by atoms with Gasteiger partial charge in [-0.15, -0.1) is 12.4 Å². The Bertz CT molecular complexity index is 114. The molecule has 0 aromatic rings. The Hall–Kier alpha value is -0.480. The van der Waals surface area contributed by atoms with Crippen molar-refractivity contribution in [1.29, 1.82) is 0 Å². The zero-order valence-corrected chi connectivity index (χ0v) is 6.51. The molecular weight excluding hydrogens is 156 g/mol. The van der Waals surface area contributed by atoms with Crippen LogP contribution in [-0.2, 0) is 0 Å². The lowest BCUT2D eigenvalue weighted by Crippen LogP contribution is -2.25. The standard InChI is InChI=1S/C4H10N4O.ClH/c1-6-2-4(9)3-7-8-5;/h4,6,9H,2-3H2,1H3;1H. The first-order valence-corrected chi connectivity index (χ1v) is 2.64. The summed E-state index contributed by atoms with van der Waals surface area (Å²) in [5.74, 6) is 0. The molecule has 0 aromatic carbocycles. The first-order chi connectivity index (χ1) is 4.31. The van der Waals surface area contributed by atoms with Gasteiger partial charge in [-0.05, 0) is 12.6 Å². The Morgan fingerprint density at radius 3 is 2.80 bits per heavy atom. The van der Waals surface area contributed by atoms with Gasteiger partial charge in [0.15, 0.2) is 0 Å². The summed E-state index contributed by atoms with van der Waals surface area (Å²) in [6.07, 6.45) is -0.564. The number of nitrogens with zero attached hydrogens (tertiary/aromatic N) is 3. The minimum Gasteiger partial charge on any atom is -0.392 e. The largest absolute Gasteiger partial charge is 0.392 e. The lowest BCUT2D eigenvalue weighted by Gasteiger charge is -2.03. The predicted octanol–water partition coefficient (Wildman–Crippen LogP) is 0.299. The molecule has 0 aromatic heterocycles. The Labute approximate surface area is 65.5 Å². The Kier molecular flexibility index (Phi) is 10.4. The lowest BCUT2D eigenvalue weighted by molar-refractivity contribution is 0.182. The van der Waals surface area contributed by atoms with Crippen LogP contribution in [-0.4, -0.2) is 31.3 Å². The topological polar surface area (TPSA) is 81.0 Å². The summed E-state index contributed by atoms with van der Waals surface area (Å²) < 4.78 is 0. The molecule has 0 fully saturated rings. The molecule has 0 heterocycles. The van der Waals surface area contributed by atoms with Gasteiger partial charge < -0.3 is 10.4 Å². The first-order valence-electron chi connectivity index (χ1n) is 2.64. The molecule has 1 unspecified atom stereocenters. The van der Waals surface area contributed by atoms with Gasteiger partial charge in [-0.2, -0.15) is 0 Å². The summed E-state index contributed by atoms with van der Waals surface area (Å²) in [7, 11) is 1.72. The average Bonchev–Trinajstić information content (AvgIpc) is 1.85. The SMILES string of the molecule is CNCC(O)CN=[N+]=[N-].Cl. The van der Waals surface area contributed by atoms with E-state index in [1.165, 1.54) is 0 Å². The van der Waals surface area contributed by atoms with E-state index in [2.05, 4.69) is 15.3 Å². The van der Waals surface area contributed by atoms with Gasteiger partial charge in [0.1, 0.15) is 0 Å². The van der Waals surface area contributed by atoms with Gasteiger partial charge in [0, 0.05) is 11.5 Å². The molecular formula is C4H11ClN4O. The fourth-order valence-electron chi connectivity index (χ4n) is 0.431. The average molecular weight is 167 g/mol. The third kappa shape index (κ3) is 7.52. The first kappa shape index (κ1) is 12.2. The molecule has 0 amide bonds. The molecule has 60 valence electrons. The van der Waals surface area contributed by atoms with Crippen LogP contribution in [0.25, 0.3) is 10.4 Å². The Morgan fingerprint density at radius 2 is 2.40 bits per heavy atom. The van der Waals surface area contributed by atoms with Crippen molar-refractivity contribution in [2.75, 3.05) is 20.1 Å². The van der Waals surface area contributed by atoms with Crippen LogP contribution in [0.3, 0.4) is 0 Å². The Balaban J connectivity index is 0. The van der Waals surface area contributed by atoms with Crippen molar-refractivity contribution in [2.45, 2.75) is 6.10 Å². The monoisotopic (exact) mass is 166 g/mol. The van der Waals surface area contributed by atoms with Crippen LogP contribution in [0.5, 0.6) is 0 Å². The molecule has 0 aliphatic heterocycles. The summed E-state index contributed by atoms with van der Waals surface area (Å²) in [5.41, 5.74) is 7.81. The highest BCUT2D eigenvalue weighted by Gasteiger charge is 1.97. The molecule has 0 saturated heterocycles. The number of aliphatic hydroxyl groups excluding tert-OH is 1. The van der Waals surface area contributed by atoms with E-state index < -0.39 is 6.10 Å². The van der Waals surface area contributed by atoms with E-state index in [4.69, 9.17) is 10.6 Å². The molecule has 2 N–H and O–H groups in total. The number of hydrogen-bond donors (Lipinski definition) is 2. The maximum absolute atomic E-state index is 8.85. The van der Waals surface area contributed by atoms with Crippen molar-refractivity contribution in [3.63, 3.8) is 0 Å². The third-order valence-corrected chi connectivity index (χ3v) is 0.795. The molecule has 0 aliphatic rings. The van der Waals surface area contributed by atoms with Gasteiger partial charge in [0.05, 0.1) is 12.6 Å². The molecule has 6 heteroatoms. The third-order valence-electron chi connectivity index (χ3n) is 0.795. The van der Waals surface area contributed by atoms with Crippen LogP contribution in [0.4, 0.5) is 0 Å². The van der Waals surface area contributed by atoms with Crippen molar-refractivity contribution in [1.82, 2.24) is 5.32 Å². The van der Waals surface area contributed by atoms with Crippen molar-refractivity contribution >= 4 is 12.4 Å². The molecule has 0 saturated carbocycles. The second kappa shape index (κ2) is 8.52. The van der Waals surface area contributed by atoms with E-state index in [0.29, 0.717) is 6.54 Å². The summed E-state index contributed by atoms with van der Waals surface area (Å²) in [6, 6.07) is 0. The number of azide groups is 1.